The molecule has 1 aliphatic heterocycles. The van der Waals surface area contributed by atoms with Crippen LogP contribution in [0, 0.1) is 0 Å². The third-order valence-corrected chi connectivity index (χ3v) is 6.57. The Morgan fingerprint density at radius 1 is 1.03 bits per heavy atom. The largest absolute Gasteiger partial charge is 0.465 e. The Bertz CT molecular complexity index is 1170. The molecule has 3 aromatic rings. The molecule has 0 spiro atoms. The van der Waals surface area contributed by atoms with Crippen LogP contribution >= 0.6 is 0 Å². The van der Waals surface area contributed by atoms with Crippen molar-refractivity contribution in [2.24, 2.45) is 0 Å². The summed E-state index contributed by atoms with van der Waals surface area (Å²) < 4.78 is 52.0. The van der Waals surface area contributed by atoms with E-state index in [0.29, 0.717) is 44.0 Å². The number of carbonyl (C=O) groups is 1. The molecule has 4 rings (SSSR count). The van der Waals surface area contributed by atoms with Gasteiger partial charge in [-0.3, -0.25) is 9.80 Å². The van der Waals surface area contributed by atoms with E-state index in [1.54, 1.807) is 12.1 Å². The lowest BCUT2D eigenvalue weighted by Crippen LogP contribution is -2.41. The van der Waals surface area contributed by atoms with Gasteiger partial charge in [-0.2, -0.15) is 13.2 Å². The van der Waals surface area contributed by atoms with Crippen LogP contribution in [-0.2, 0) is 35.3 Å². The fourth-order valence-electron chi connectivity index (χ4n) is 4.55. The van der Waals surface area contributed by atoms with Crippen LogP contribution in [0.2, 0.25) is 0 Å². The number of aromatic nitrogens is 1. The molecule has 1 saturated heterocycles. The maximum Gasteiger partial charge on any atom is 0.416 e. The third-order valence-electron chi connectivity index (χ3n) is 6.57. The molecule has 198 valence electrons. The summed E-state index contributed by atoms with van der Waals surface area (Å²) in [5.74, 6) is -0.378. The standard InChI is InChI=1S/C28H32F3N3O3/c1-36-27(35)26-10-3-2-7-23(26)20-33(13-12-32-14-16-37-17-15-32)21-25-9-5-11-34(25)19-22-6-4-8-24(18-22)28(29,30)31/h2-11,18H,12-17,19-21H2,1H3. The molecule has 1 aromatic heterocycles. The highest BCUT2D eigenvalue weighted by Gasteiger charge is 2.30. The summed E-state index contributed by atoms with van der Waals surface area (Å²) in [5.41, 5.74) is 2.32. The highest BCUT2D eigenvalue weighted by atomic mass is 19.4. The topological polar surface area (TPSA) is 46.9 Å². The second-order valence-corrected chi connectivity index (χ2v) is 9.14. The van der Waals surface area contributed by atoms with Gasteiger partial charge in [-0.25, -0.2) is 4.79 Å². The first kappa shape index (κ1) is 26.9. The zero-order chi connectivity index (χ0) is 26.3. The smallest absolute Gasteiger partial charge is 0.416 e. The van der Waals surface area contributed by atoms with Crippen LogP contribution in [0.1, 0.15) is 32.7 Å². The number of halogens is 3. The van der Waals surface area contributed by atoms with Gasteiger partial charge in [0.2, 0.25) is 0 Å². The molecule has 0 amide bonds. The highest BCUT2D eigenvalue weighted by Crippen LogP contribution is 2.30. The van der Waals surface area contributed by atoms with E-state index >= 15 is 0 Å². The third kappa shape index (κ3) is 7.44. The number of carbonyl (C=O) groups excluding carboxylic acids is 1. The molecular formula is C28H32F3N3O3. The van der Waals surface area contributed by atoms with Crippen molar-refractivity contribution in [1.82, 2.24) is 14.4 Å². The Morgan fingerprint density at radius 3 is 2.57 bits per heavy atom. The Kier molecular flexibility index (Phi) is 9.02. The van der Waals surface area contributed by atoms with Crippen molar-refractivity contribution in [3.05, 3.63) is 94.8 Å². The lowest BCUT2D eigenvalue weighted by molar-refractivity contribution is -0.137. The molecule has 0 atom stereocenters. The molecule has 37 heavy (non-hydrogen) atoms. The van der Waals surface area contributed by atoms with Crippen molar-refractivity contribution >= 4 is 5.97 Å². The van der Waals surface area contributed by atoms with Gasteiger partial charge >= 0.3 is 12.1 Å². The van der Waals surface area contributed by atoms with Crippen molar-refractivity contribution in [2.75, 3.05) is 46.5 Å². The average Bonchev–Trinajstić information content (AvgIpc) is 3.33. The van der Waals surface area contributed by atoms with E-state index in [-0.39, 0.29) is 5.97 Å². The Morgan fingerprint density at radius 2 is 1.81 bits per heavy atom. The number of alkyl halides is 3. The van der Waals surface area contributed by atoms with Gasteiger partial charge in [0.05, 0.1) is 31.5 Å². The van der Waals surface area contributed by atoms with Crippen LogP contribution in [0.4, 0.5) is 13.2 Å². The number of hydrogen-bond acceptors (Lipinski definition) is 5. The number of rotatable bonds is 10. The lowest BCUT2D eigenvalue weighted by atomic mass is 10.1. The minimum atomic E-state index is -4.38. The minimum absolute atomic E-state index is 0.336. The molecule has 0 unspecified atom stereocenters. The fourth-order valence-corrected chi connectivity index (χ4v) is 4.55. The summed E-state index contributed by atoms with van der Waals surface area (Å²) in [5, 5.41) is 0. The predicted molar refractivity (Wildman–Crippen MR) is 134 cm³/mol. The predicted octanol–water partition coefficient (Wildman–Crippen LogP) is 4.68. The number of nitrogens with zero attached hydrogens (tertiary/aromatic N) is 3. The second-order valence-electron chi connectivity index (χ2n) is 9.14. The van der Waals surface area contributed by atoms with Crippen molar-refractivity contribution in [1.29, 1.82) is 0 Å². The van der Waals surface area contributed by atoms with Gasteiger partial charge in [-0.05, 0) is 41.5 Å². The number of esters is 1. The number of hydrogen-bond donors (Lipinski definition) is 0. The van der Waals surface area contributed by atoms with E-state index in [9.17, 15) is 18.0 Å². The summed E-state index contributed by atoms with van der Waals surface area (Å²) >= 11 is 0. The van der Waals surface area contributed by atoms with Crippen molar-refractivity contribution in [3.8, 4) is 0 Å². The summed E-state index contributed by atoms with van der Waals surface area (Å²) in [7, 11) is 1.37. The Hall–Kier alpha value is -3.14. The quantitative estimate of drug-likeness (QED) is 0.367. The van der Waals surface area contributed by atoms with Gasteiger partial charge in [0.1, 0.15) is 0 Å². The van der Waals surface area contributed by atoms with Crippen LogP contribution in [0.3, 0.4) is 0 Å². The van der Waals surface area contributed by atoms with Crippen molar-refractivity contribution in [2.45, 2.75) is 25.8 Å². The van der Waals surface area contributed by atoms with Crippen LogP contribution in [0.15, 0.2) is 66.9 Å². The first-order valence-corrected chi connectivity index (χ1v) is 12.3. The maximum absolute atomic E-state index is 13.2. The van der Waals surface area contributed by atoms with E-state index in [4.69, 9.17) is 9.47 Å². The van der Waals surface area contributed by atoms with Crippen LogP contribution < -0.4 is 0 Å². The van der Waals surface area contributed by atoms with Crippen LogP contribution in [0.5, 0.6) is 0 Å². The van der Waals surface area contributed by atoms with E-state index in [2.05, 4.69) is 9.80 Å². The number of methoxy groups -OCH3 is 1. The van der Waals surface area contributed by atoms with Crippen LogP contribution in [0.25, 0.3) is 0 Å². The van der Waals surface area contributed by atoms with E-state index in [0.717, 1.165) is 43.5 Å². The van der Waals surface area contributed by atoms with E-state index < -0.39 is 11.7 Å². The number of benzene rings is 2. The first-order valence-electron chi connectivity index (χ1n) is 12.3. The molecule has 9 heteroatoms. The zero-order valence-electron chi connectivity index (χ0n) is 20.9. The molecule has 0 saturated carbocycles. The monoisotopic (exact) mass is 515 g/mol. The second kappa shape index (κ2) is 12.4. The summed E-state index contributed by atoms with van der Waals surface area (Å²) in [6, 6.07) is 16.7. The molecule has 6 nitrogen and oxygen atoms in total. The normalized spacial score (nSPS) is 14.7. The fraction of sp³-hybridized carbons (Fsp3) is 0.393. The molecule has 0 radical (unpaired) electrons. The molecular weight excluding hydrogens is 483 g/mol. The Balaban J connectivity index is 1.53. The highest BCUT2D eigenvalue weighted by molar-refractivity contribution is 5.90. The SMILES string of the molecule is COC(=O)c1ccccc1CN(CCN1CCOCC1)Cc1cccn1Cc1cccc(C(F)(F)F)c1. The summed E-state index contributed by atoms with van der Waals surface area (Å²) in [6.07, 6.45) is -2.49. The van der Waals surface area contributed by atoms with Gasteiger partial charge in [0.25, 0.3) is 0 Å². The minimum Gasteiger partial charge on any atom is -0.465 e. The maximum atomic E-state index is 13.2. The molecule has 0 bridgehead atoms. The van der Waals surface area contributed by atoms with E-state index in [1.165, 1.54) is 19.2 Å². The number of morpholine rings is 1. The van der Waals surface area contributed by atoms with Crippen LogP contribution in [-0.4, -0.2) is 66.8 Å². The average molecular weight is 516 g/mol. The van der Waals surface area contributed by atoms with Gasteiger partial charge in [-0.1, -0.05) is 30.3 Å². The first-order chi connectivity index (χ1) is 17.8. The van der Waals surface area contributed by atoms with Crippen molar-refractivity contribution < 1.29 is 27.4 Å². The molecule has 0 aliphatic carbocycles. The zero-order valence-corrected chi connectivity index (χ0v) is 20.9. The molecule has 2 aromatic carbocycles. The number of ether oxygens (including phenoxy) is 2. The molecule has 1 fully saturated rings. The molecule has 1 aliphatic rings. The Labute approximate surface area is 215 Å². The lowest BCUT2D eigenvalue weighted by Gasteiger charge is -2.30. The van der Waals surface area contributed by atoms with Gasteiger partial charge in [-0.15, -0.1) is 0 Å². The summed E-state index contributed by atoms with van der Waals surface area (Å²) in [6.45, 7) is 6.22. The summed E-state index contributed by atoms with van der Waals surface area (Å²) in [4.78, 5) is 17.0. The van der Waals surface area contributed by atoms with Gasteiger partial charge < -0.3 is 14.0 Å². The van der Waals surface area contributed by atoms with E-state index in [1.807, 2.05) is 41.1 Å². The molecule has 2 heterocycles. The van der Waals surface area contributed by atoms with Gasteiger partial charge in [0, 0.05) is 57.7 Å². The molecule has 0 N–H and O–H groups in total. The van der Waals surface area contributed by atoms with Crippen molar-refractivity contribution in [3.63, 3.8) is 0 Å². The van der Waals surface area contributed by atoms with Gasteiger partial charge in [0.15, 0.2) is 0 Å².